The minimum Gasteiger partial charge on any atom is -0.355 e. The summed E-state index contributed by atoms with van der Waals surface area (Å²) >= 11 is 0. The van der Waals surface area contributed by atoms with Gasteiger partial charge < -0.3 is 10.6 Å². The van der Waals surface area contributed by atoms with Gasteiger partial charge in [0.15, 0.2) is 0 Å². The molecule has 0 spiro atoms. The summed E-state index contributed by atoms with van der Waals surface area (Å²) in [6.07, 6.45) is 3.35. The molecule has 2 N–H and O–H groups in total. The minimum absolute atomic E-state index is 0.0241. The highest BCUT2D eigenvalue weighted by atomic mass is 16.2. The molecule has 0 bridgehead atoms. The Balaban J connectivity index is 1.69. The van der Waals surface area contributed by atoms with Crippen molar-refractivity contribution in [1.29, 1.82) is 0 Å². The number of carbonyl (C=O) groups excluding carboxylic acids is 2. The fourth-order valence-electron chi connectivity index (χ4n) is 4.32. The summed E-state index contributed by atoms with van der Waals surface area (Å²) in [4.78, 5) is 34.4. The molecule has 1 aliphatic heterocycles. The van der Waals surface area contributed by atoms with Crippen LogP contribution in [0.5, 0.6) is 0 Å². The van der Waals surface area contributed by atoms with Crippen LogP contribution in [0.15, 0.2) is 54.9 Å². The van der Waals surface area contributed by atoms with Gasteiger partial charge in [-0.25, -0.2) is 0 Å². The van der Waals surface area contributed by atoms with Gasteiger partial charge in [0.1, 0.15) is 0 Å². The van der Waals surface area contributed by atoms with Gasteiger partial charge in [-0.3, -0.25) is 19.6 Å². The lowest BCUT2D eigenvalue weighted by Gasteiger charge is -2.22. The van der Waals surface area contributed by atoms with Crippen LogP contribution in [0.1, 0.15) is 52.6 Å². The van der Waals surface area contributed by atoms with Crippen molar-refractivity contribution in [2.45, 2.75) is 40.2 Å². The van der Waals surface area contributed by atoms with Crippen molar-refractivity contribution in [3.63, 3.8) is 0 Å². The first-order chi connectivity index (χ1) is 15.8. The maximum atomic E-state index is 13.1. The van der Waals surface area contributed by atoms with Gasteiger partial charge in [-0.15, -0.1) is 0 Å². The maximum Gasteiger partial charge on any atom is 0.251 e. The second-order valence-electron chi connectivity index (χ2n) is 9.17. The van der Waals surface area contributed by atoms with E-state index in [2.05, 4.69) is 52.6 Å². The van der Waals surface area contributed by atoms with E-state index in [0.29, 0.717) is 23.7 Å². The molecule has 2 heterocycles. The van der Waals surface area contributed by atoms with Crippen LogP contribution in [0.4, 0.5) is 0 Å². The van der Waals surface area contributed by atoms with Crippen LogP contribution in [0.2, 0.25) is 0 Å². The predicted molar refractivity (Wildman–Crippen MR) is 129 cm³/mol. The summed E-state index contributed by atoms with van der Waals surface area (Å²) in [5, 5.41) is 5.95. The van der Waals surface area contributed by atoms with Gasteiger partial charge in [-0.2, -0.15) is 0 Å². The third-order valence-corrected chi connectivity index (χ3v) is 6.30. The molecule has 1 aliphatic rings. The molecule has 6 heteroatoms. The average molecular weight is 443 g/mol. The molecule has 2 atom stereocenters. The smallest absolute Gasteiger partial charge is 0.251 e. The first-order valence-electron chi connectivity index (χ1n) is 11.4. The van der Waals surface area contributed by atoms with Crippen LogP contribution in [-0.2, 0) is 11.3 Å². The van der Waals surface area contributed by atoms with Crippen LogP contribution < -0.4 is 10.6 Å². The Hall–Kier alpha value is -3.54. The SMILES string of the molecule is Cc1ccc(-c2cc(C(=O)NCc3cnc(C)cn3)cc([C@H]3C(=O)NCC3C(C)C)c2)cc1. The molecule has 1 aromatic heterocycles. The van der Waals surface area contributed by atoms with E-state index < -0.39 is 0 Å². The van der Waals surface area contributed by atoms with Crippen molar-refractivity contribution in [1.82, 2.24) is 20.6 Å². The summed E-state index contributed by atoms with van der Waals surface area (Å²) in [6, 6.07) is 14.0. The second kappa shape index (κ2) is 9.53. The number of nitrogens with one attached hydrogen (secondary N) is 2. The van der Waals surface area contributed by atoms with E-state index in [0.717, 1.165) is 22.4 Å². The van der Waals surface area contributed by atoms with Crippen molar-refractivity contribution < 1.29 is 9.59 Å². The molecule has 2 amide bonds. The molecule has 4 rings (SSSR count). The van der Waals surface area contributed by atoms with E-state index >= 15 is 0 Å². The van der Waals surface area contributed by atoms with Gasteiger partial charge in [0.05, 0.1) is 30.0 Å². The summed E-state index contributed by atoms with van der Waals surface area (Å²) < 4.78 is 0. The zero-order valence-corrected chi connectivity index (χ0v) is 19.6. The topological polar surface area (TPSA) is 84.0 Å². The minimum atomic E-state index is -0.273. The zero-order chi connectivity index (χ0) is 23.5. The maximum absolute atomic E-state index is 13.1. The zero-order valence-electron chi connectivity index (χ0n) is 19.6. The lowest BCUT2D eigenvalue weighted by atomic mass is 9.80. The summed E-state index contributed by atoms with van der Waals surface area (Å²) in [5.41, 5.74) is 6.04. The van der Waals surface area contributed by atoms with Gasteiger partial charge >= 0.3 is 0 Å². The quantitative estimate of drug-likeness (QED) is 0.600. The van der Waals surface area contributed by atoms with Crippen LogP contribution in [0.25, 0.3) is 11.1 Å². The Morgan fingerprint density at radius 2 is 1.82 bits per heavy atom. The van der Waals surface area contributed by atoms with Crippen molar-refractivity contribution >= 4 is 11.8 Å². The summed E-state index contributed by atoms with van der Waals surface area (Å²) in [6.45, 7) is 9.13. The van der Waals surface area contributed by atoms with Gasteiger partial charge in [0.25, 0.3) is 5.91 Å². The third-order valence-electron chi connectivity index (χ3n) is 6.30. The van der Waals surface area contributed by atoms with Crippen molar-refractivity contribution in [3.05, 3.63) is 82.9 Å². The van der Waals surface area contributed by atoms with E-state index in [1.165, 1.54) is 5.56 Å². The number of rotatable bonds is 6. The highest BCUT2D eigenvalue weighted by Crippen LogP contribution is 2.36. The lowest BCUT2D eigenvalue weighted by molar-refractivity contribution is -0.120. The third kappa shape index (κ3) is 5.11. The molecule has 2 aromatic carbocycles. The number of aryl methyl sites for hydroxylation is 2. The number of hydrogen-bond donors (Lipinski definition) is 2. The van der Waals surface area contributed by atoms with Crippen LogP contribution >= 0.6 is 0 Å². The van der Waals surface area contributed by atoms with Gasteiger partial charge in [-0.1, -0.05) is 49.7 Å². The number of amides is 2. The molecule has 1 fully saturated rings. The Morgan fingerprint density at radius 1 is 1.06 bits per heavy atom. The molecular formula is C27H30N4O2. The Bertz CT molecular complexity index is 1150. The fraction of sp³-hybridized carbons (Fsp3) is 0.333. The number of aromatic nitrogens is 2. The number of carbonyl (C=O) groups is 2. The molecule has 3 aromatic rings. The number of nitrogens with zero attached hydrogens (tertiary/aromatic N) is 2. The van der Waals surface area contributed by atoms with Gasteiger partial charge in [-0.05, 0) is 54.5 Å². The highest BCUT2D eigenvalue weighted by Gasteiger charge is 2.38. The second-order valence-corrected chi connectivity index (χ2v) is 9.17. The Labute approximate surface area is 194 Å². The molecule has 0 saturated carbocycles. The van der Waals surface area contributed by atoms with E-state index in [9.17, 15) is 9.59 Å². The van der Waals surface area contributed by atoms with Crippen molar-refractivity contribution in [3.8, 4) is 11.1 Å². The van der Waals surface area contributed by atoms with E-state index in [1.807, 2.05) is 38.1 Å². The highest BCUT2D eigenvalue weighted by molar-refractivity contribution is 5.96. The molecule has 6 nitrogen and oxygen atoms in total. The standard InChI is InChI=1S/C27H30N4O2/c1-16(2)24-15-31-27(33)25(24)21-9-20(19-7-5-17(3)6-8-19)10-22(11-21)26(32)30-14-23-13-28-18(4)12-29-23/h5-13,16,24-25H,14-15H2,1-4H3,(H,30,32)(H,31,33)/t24?,25-/m1/s1. The molecule has 0 aliphatic carbocycles. The van der Waals surface area contributed by atoms with E-state index in [-0.39, 0.29) is 30.2 Å². The largest absolute Gasteiger partial charge is 0.355 e. The van der Waals surface area contributed by atoms with Crippen molar-refractivity contribution in [2.75, 3.05) is 6.54 Å². The normalized spacial score (nSPS) is 17.8. The fourth-order valence-corrected chi connectivity index (χ4v) is 4.32. The summed E-state index contributed by atoms with van der Waals surface area (Å²) in [5.74, 6) is 0.0759. The Kier molecular flexibility index (Phi) is 6.54. The summed E-state index contributed by atoms with van der Waals surface area (Å²) in [7, 11) is 0. The molecule has 170 valence electrons. The van der Waals surface area contributed by atoms with Crippen LogP contribution in [-0.4, -0.2) is 28.3 Å². The van der Waals surface area contributed by atoms with Crippen molar-refractivity contribution in [2.24, 2.45) is 11.8 Å². The first-order valence-corrected chi connectivity index (χ1v) is 11.4. The number of hydrogen-bond acceptors (Lipinski definition) is 4. The first kappa shape index (κ1) is 22.6. The molecule has 1 unspecified atom stereocenters. The van der Waals surface area contributed by atoms with Crippen LogP contribution in [0.3, 0.4) is 0 Å². The monoisotopic (exact) mass is 442 g/mol. The molecular weight excluding hydrogens is 412 g/mol. The molecule has 33 heavy (non-hydrogen) atoms. The van der Waals surface area contributed by atoms with Crippen LogP contribution in [0, 0.1) is 25.7 Å². The molecule has 1 saturated heterocycles. The lowest BCUT2D eigenvalue weighted by Crippen LogP contribution is -2.25. The van der Waals surface area contributed by atoms with Gasteiger partial charge in [0, 0.05) is 18.3 Å². The van der Waals surface area contributed by atoms with Gasteiger partial charge in [0.2, 0.25) is 5.91 Å². The predicted octanol–water partition coefficient (Wildman–Crippen LogP) is 4.18. The number of benzene rings is 2. The van der Waals surface area contributed by atoms with E-state index in [4.69, 9.17) is 0 Å². The van der Waals surface area contributed by atoms with E-state index in [1.54, 1.807) is 12.4 Å². The average Bonchev–Trinajstić information content (AvgIpc) is 3.20. The molecule has 0 radical (unpaired) electrons. The Morgan fingerprint density at radius 3 is 2.48 bits per heavy atom.